The minimum atomic E-state index is -0.0793. The monoisotopic (exact) mass is 300 g/mol. The number of nitrogens with two attached hydrogens (primary N) is 1. The molecule has 0 atom stereocenters. The summed E-state index contributed by atoms with van der Waals surface area (Å²) in [6, 6.07) is 5.52. The van der Waals surface area contributed by atoms with E-state index in [2.05, 4.69) is 15.1 Å². The van der Waals surface area contributed by atoms with Crippen LogP contribution in [-0.4, -0.2) is 51.6 Å². The van der Waals surface area contributed by atoms with Gasteiger partial charge in [0.25, 0.3) is 0 Å². The second-order valence-electron chi connectivity index (χ2n) is 5.05. The molecule has 0 radical (unpaired) electrons. The van der Waals surface area contributed by atoms with Gasteiger partial charge < -0.3 is 15.4 Å². The summed E-state index contributed by atoms with van der Waals surface area (Å²) < 4.78 is 6.74. The van der Waals surface area contributed by atoms with Crippen LogP contribution in [0.25, 0.3) is 16.6 Å². The maximum atomic E-state index is 11.8. The zero-order valence-corrected chi connectivity index (χ0v) is 12.6. The van der Waals surface area contributed by atoms with Gasteiger partial charge in [-0.2, -0.15) is 4.52 Å². The van der Waals surface area contributed by atoms with Crippen molar-refractivity contribution < 1.29 is 9.53 Å². The molecule has 0 spiro atoms. The number of aromatic nitrogens is 4. The third-order valence-corrected chi connectivity index (χ3v) is 3.36. The maximum Gasteiger partial charge on any atom is 0.229 e. The third kappa shape index (κ3) is 2.18. The highest BCUT2D eigenvalue weighted by atomic mass is 16.5. The molecular weight excluding hydrogens is 284 g/mol. The van der Waals surface area contributed by atoms with Gasteiger partial charge in [0.05, 0.1) is 13.5 Å². The number of nitrogen functional groups attached to an aromatic ring is 1. The normalized spacial score (nSPS) is 11.0. The Morgan fingerprint density at radius 3 is 2.82 bits per heavy atom. The number of hydrogen-bond donors (Lipinski definition) is 1. The SMILES string of the molecule is COc1cccc2c1nc(N)n1nc(CC(=O)N(C)C)nc21. The highest BCUT2D eigenvalue weighted by Gasteiger charge is 2.16. The fourth-order valence-electron chi connectivity index (χ4n) is 2.20. The first-order valence-electron chi connectivity index (χ1n) is 6.69. The van der Waals surface area contributed by atoms with Gasteiger partial charge in [0.15, 0.2) is 11.5 Å². The summed E-state index contributed by atoms with van der Waals surface area (Å²) in [4.78, 5) is 22.1. The number of methoxy groups -OCH3 is 1. The molecular formula is C14H16N6O2. The topological polar surface area (TPSA) is 98.6 Å². The van der Waals surface area contributed by atoms with E-state index in [1.165, 1.54) is 9.42 Å². The Hall–Kier alpha value is -2.90. The number of carbonyl (C=O) groups is 1. The molecule has 0 aliphatic heterocycles. The zero-order chi connectivity index (χ0) is 15.9. The number of carbonyl (C=O) groups excluding carboxylic acids is 1. The molecule has 2 aromatic heterocycles. The summed E-state index contributed by atoms with van der Waals surface area (Å²) in [7, 11) is 4.95. The van der Waals surface area contributed by atoms with E-state index in [1.54, 1.807) is 27.3 Å². The quantitative estimate of drug-likeness (QED) is 0.756. The Bertz CT molecular complexity index is 871. The Balaban J connectivity index is 2.20. The van der Waals surface area contributed by atoms with Crippen LogP contribution in [0.4, 0.5) is 5.95 Å². The molecule has 0 saturated carbocycles. The van der Waals surface area contributed by atoms with Gasteiger partial charge in [-0.1, -0.05) is 6.07 Å². The number of hydrogen-bond acceptors (Lipinski definition) is 6. The smallest absolute Gasteiger partial charge is 0.229 e. The van der Waals surface area contributed by atoms with Crippen LogP contribution in [0.5, 0.6) is 5.75 Å². The average Bonchev–Trinajstić information content (AvgIpc) is 2.91. The molecule has 3 aromatic rings. The van der Waals surface area contributed by atoms with Crippen LogP contribution in [0.3, 0.4) is 0 Å². The number of anilines is 1. The summed E-state index contributed by atoms with van der Waals surface area (Å²) >= 11 is 0. The molecule has 0 aliphatic carbocycles. The van der Waals surface area contributed by atoms with Crippen molar-refractivity contribution in [1.82, 2.24) is 24.5 Å². The van der Waals surface area contributed by atoms with Crippen LogP contribution in [0.15, 0.2) is 18.2 Å². The largest absolute Gasteiger partial charge is 0.494 e. The number of amides is 1. The Morgan fingerprint density at radius 2 is 2.14 bits per heavy atom. The average molecular weight is 300 g/mol. The van der Waals surface area contributed by atoms with E-state index in [4.69, 9.17) is 10.5 Å². The molecule has 2 N–H and O–H groups in total. The molecule has 0 fully saturated rings. The minimum absolute atomic E-state index is 0.0793. The molecule has 3 rings (SSSR count). The Labute approximate surface area is 126 Å². The zero-order valence-electron chi connectivity index (χ0n) is 12.6. The first-order valence-corrected chi connectivity index (χ1v) is 6.69. The summed E-state index contributed by atoms with van der Waals surface area (Å²) in [6.45, 7) is 0. The van der Waals surface area contributed by atoms with Gasteiger partial charge in [-0.05, 0) is 12.1 Å². The molecule has 8 nitrogen and oxygen atoms in total. The first kappa shape index (κ1) is 14.1. The molecule has 114 valence electrons. The van der Waals surface area contributed by atoms with Crippen molar-refractivity contribution >= 4 is 28.4 Å². The molecule has 1 amide bonds. The molecule has 0 saturated heterocycles. The van der Waals surface area contributed by atoms with Gasteiger partial charge in [0, 0.05) is 19.5 Å². The van der Waals surface area contributed by atoms with Gasteiger partial charge in [0.1, 0.15) is 11.3 Å². The summed E-state index contributed by atoms with van der Waals surface area (Å²) in [5.41, 5.74) is 7.12. The molecule has 1 aromatic carbocycles. The van der Waals surface area contributed by atoms with Crippen molar-refractivity contribution in [2.45, 2.75) is 6.42 Å². The van der Waals surface area contributed by atoms with Gasteiger partial charge in [-0.15, -0.1) is 5.10 Å². The molecule has 2 heterocycles. The Kier molecular flexibility index (Phi) is 3.28. The summed E-state index contributed by atoms with van der Waals surface area (Å²) in [5.74, 6) is 1.13. The first-order chi connectivity index (χ1) is 10.5. The van der Waals surface area contributed by atoms with Crippen molar-refractivity contribution in [2.75, 3.05) is 26.9 Å². The Morgan fingerprint density at radius 1 is 1.36 bits per heavy atom. The molecule has 0 bridgehead atoms. The second kappa shape index (κ2) is 5.14. The summed E-state index contributed by atoms with van der Waals surface area (Å²) in [6.07, 6.45) is 0.111. The van der Waals surface area contributed by atoms with Gasteiger partial charge in [-0.3, -0.25) is 4.79 Å². The predicted molar refractivity (Wildman–Crippen MR) is 81.7 cm³/mol. The van der Waals surface area contributed by atoms with Crippen LogP contribution < -0.4 is 10.5 Å². The number of nitrogens with zero attached hydrogens (tertiary/aromatic N) is 5. The number of likely N-dealkylation sites (N-methyl/N-ethyl adjacent to an activating group) is 1. The van der Waals surface area contributed by atoms with Crippen LogP contribution in [-0.2, 0) is 11.2 Å². The second-order valence-corrected chi connectivity index (χ2v) is 5.05. The van der Waals surface area contributed by atoms with Crippen molar-refractivity contribution in [3.05, 3.63) is 24.0 Å². The van der Waals surface area contributed by atoms with Crippen molar-refractivity contribution in [3.8, 4) is 5.75 Å². The lowest BCUT2D eigenvalue weighted by Gasteiger charge is -2.07. The number of fused-ring (bicyclic) bond motifs is 3. The molecule has 22 heavy (non-hydrogen) atoms. The fraction of sp³-hybridized carbons (Fsp3) is 0.286. The minimum Gasteiger partial charge on any atom is -0.494 e. The van der Waals surface area contributed by atoms with E-state index in [9.17, 15) is 4.79 Å². The van der Waals surface area contributed by atoms with Crippen LogP contribution in [0.2, 0.25) is 0 Å². The lowest BCUT2D eigenvalue weighted by Crippen LogP contribution is -2.24. The van der Waals surface area contributed by atoms with E-state index in [0.29, 0.717) is 22.7 Å². The fourth-order valence-corrected chi connectivity index (χ4v) is 2.20. The van der Waals surface area contributed by atoms with Crippen molar-refractivity contribution in [1.29, 1.82) is 0 Å². The third-order valence-electron chi connectivity index (χ3n) is 3.36. The molecule has 0 aliphatic rings. The van der Waals surface area contributed by atoms with E-state index in [0.717, 1.165) is 5.39 Å². The standard InChI is InChI=1S/C14H16N6O2/c1-19(2)11(21)7-10-16-13-8-5-4-6-9(22-3)12(8)17-14(15)20(13)18-10/h4-6H,7H2,1-3H3,(H2,15,17). The predicted octanol–water partition coefficient (Wildman–Crippen LogP) is 0.499. The molecule has 0 unspecified atom stereocenters. The van der Waals surface area contributed by atoms with Gasteiger partial charge >= 0.3 is 0 Å². The van der Waals surface area contributed by atoms with Crippen LogP contribution in [0, 0.1) is 0 Å². The highest BCUT2D eigenvalue weighted by Crippen LogP contribution is 2.27. The van der Waals surface area contributed by atoms with Gasteiger partial charge in [0.2, 0.25) is 11.9 Å². The number of benzene rings is 1. The van der Waals surface area contributed by atoms with E-state index < -0.39 is 0 Å². The lowest BCUT2D eigenvalue weighted by molar-refractivity contribution is -0.128. The van der Waals surface area contributed by atoms with Gasteiger partial charge in [-0.25, -0.2) is 9.97 Å². The van der Waals surface area contributed by atoms with E-state index in [-0.39, 0.29) is 18.3 Å². The van der Waals surface area contributed by atoms with Crippen molar-refractivity contribution in [3.63, 3.8) is 0 Å². The van der Waals surface area contributed by atoms with Crippen molar-refractivity contribution in [2.24, 2.45) is 0 Å². The molecule has 8 heteroatoms. The highest BCUT2D eigenvalue weighted by molar-refractivity contribution is 5.95. The van der Waals surface area contributed by atoms with E-state index in [1.807, 2.05) is 12.1 Å². The lowest BCUT2D eigenvalue weighted by atomic mass is 10.2. The number of para-hydroxylation sites is 1. The number of ether oxygens (including phenoxy) is 1. The van der Waals surface area contributed by atoms with Crippen LogP contribution in [0.1, 0.15) is 5.82 Å². The van der Waals surface area contributed by atoms with E-state index >= 15 is 0 Å². The number of rotatable bonds is 3. The summed E-state index contributed by atoms with van der Waals surface area (Å²) in [5, 5.41) is 5.04. The maximum absolute atomic E-state index is 11.8. The van der Waals surface area contributed by atoms with Crippen LogP contribution >= 0.6 is 0 Å².